The minimum atomic E-state index is -0.771. The zero-order valence-electron chi connectivity index (χ0n) is 16.6. The van der Waals surface area contributed by atoms with Gasteiger partial charge in [-0.25, -0.2) is 4.79 Å². The van der Waals surface area contributed by atoms with Crippen LogP contribution in [0.5, 0.6) is 0 Å². The van der Waals surface area contributed by atoms with E-state index in [1.54, 1.807) is 6.92 Å². The van der Waals surface area contributed by atoms with Gasteiger partial charge in [0.2, 0.25) is 0 Å². The molecule has 0 amide bonds. The maximum atomic E-state index is 11.0. The normalized spacial score (nSPS) is 13.2. The lowest BCUT2D eigenvalue weighted by Crippen LogP contribution is -2.02. The first kappa shape index (κ1) is 23.2. The molecule has 0 aromatic carbocycles. The standard InChI is InChI=1S/C22H42O2/c1-4-6-8-10-11-12-13-15-17-21(16-14-9-7-5-2)19-18-20(3)22(23)24/h18,21H,4-17,19H2,1-3H3,(H,23,24). The van der Waals surface area contributed by atoms with Crippen LogP contribution < -0.4 is 0 Å². The molecule has 1 atom stereocenters. The number of carbonyl (C=O) groups is 1. The van der Waals surface area contributed by atoms with Crippen LogP contribution in [0, 0.1) is 5.92 Å². The van der Waals surface area contributed by atoms with E-state index in [4.69, 9.17) is 5.11 Å². The SMILES string of the molecule is CCCCCCCCCCC(CC=C(C)C(=O)O)CCCCCC. The fourth-order valence-corrected chi connectivity index (χ4v) is 3.24. The second-order valence-electron chi connectivity index (χ2n) is 7.41. The fourth-order valence-electron chi connectivity index (χ4n) is 3.24. The maximum absolute atomic E-state index is 11.0. The van der Waals surface area contributed by atoms with Crippen molar-refractivity contribution in [2.24, 2.45) is 5.92 Å². The Labute approximate surface area is 151 Å². The van der Waals surface area contributed by atoms with Crippen LogP contribution in [-0.2, 0) is 4.79 Å². The average Bonchev–Trinajstić information content (AvgIpc) is 2.57. The molecular formula is C22H42O2. The molecule has 0 aliphatic heterocycles. The molecule has 0 bridgehead atoms. The summed E-state index contributed by atoms with van der Waals surface area (Å²) in [4.78, 5) is 11.0. The number of hydrogen-bond acceptors (Lipinski definition) is 1. The van der Waals surface area contributed by atoms with Crippen LogP contribution in [0.1, 0.15) is 117 Å². The van der Waals surface area contributed by atoms with E-state index in [2.05, 4.69) is 13.8 Å². The molecule has 0 aromatic heterocycles. The maximum Gasteiger partial charge on any atom is 0.330 e. The number of carboxylic acid groups (broad SMARTS) is 1. The van der Waals surface area contributed by atoms with Crippen LogP contribution in [0.2, 0.25) is 0 Å². The van der Waals surface area contributed by atoms with E-state index in [1.165, 1.54) is 89.9 Å². The van der Waals surface area contributed by atoms with Gasteiger partial charge in [-0.05, 0) is 19.3 Å². The molecule has 0 radical (unpaired) electrons. The first-order valence-electron chi connectivity index (χ1n) is 10.5. The topological polar surface area (TPSA) is 37.3 Å². The van der Waals surface area contributed by atoms with Gasteiger partial charge in [0.1, 0.15) is 0 Å². The number of aliphatic carboxylic acids is 1. The van der Waals surface area contributed by atoms with Crippen molar-refractivity contribution in [3.63, 3.8) is 0 Å². The lowest BCUT2D eigenvalue weighted by molar-refractivity contribution is -0.132. The van der Waals surface area contributed by atoms with Crippen molar-refractivity contribution in [1.29, 1.82) is 0 Å². The minimum absolute atomic E-state index is 0.504. The highest BCUT2D eigenvalue weighted by molar-refractivity contribution is 5.85. The highest BCUT2D eigenvalue weighted by atomic mass is 16.4. The molecule has 0 rings (SSSR count). The Morgan fingerprint density at radius 1 is 0.792 bits per heavy atom. The number of unbranched alkanes of at least 4 members (excludes halogenated alkanes) is 10. The Kier molecular flexibility index (Phi) is 16.5. The van der Waals surface area contributed by atoms with E-state index in [0.29, 0.717) is 11.5 Å². The lowest BCUT2D eigenvalue weighted by atomic mass is 9.91. The predicted octanol–water partition coefficient (Wildman–Crippen LogP) is 7.52. The van der Waals surface area contributed by atoms with Gasteiger partial charge in [0.25, 0.3) is 0 Å². The molecule has 1 unspecified atom stereocenters. The first-order chi connectivity index (χ1) is 11.6. The van der Waals surface area contributed by atoms with Gasteiger partial charge in [0, 0.05) is 5.57 Å². The van der Waals surface area contributed by atoms with Crippen molar-refractivity contribution in [3.8, 4) is 0 Å². The number of allylic oxidation sites excluding steroid dienone is 1. The van der Waals surface area contributed by atoms with E-state index in [9.17, 15) is 4.79 Å². The number of carboxylic acids is 1. The third-order valence-electron chi connectivity index (χ3n) is 5.03. The van der Waals surface area contributed by atoms with E-state index < -0.39 is 5.97 Å². The zero-order chi connectivity index (χ0) is 18.0. The molecule has 0 saturated heterocycles. The molecule has 0 saturated carbocycles. The van der Waals surface area contributed by atoms with Crippen molar-refractivity contribution in [2.45, 2.75) is 117 Å². The fraction of sp³-hybridized carbons (Fsp3) is 0.864. The van der Waals surface area contributed by atoms with Crippen LogP contribution in [0.4, 0.5) is 0 Å². The van der Waals surface area contributed by atoms with E-state index >= 15 is 0 Å². The number of hydrogen-bond donors (Lipinski definition) is 1. The lowest BCUT2D eigenvalue weighted by Gasteiger charge is -2.15. The van der Waals surface area contributed by atoms with Gasteiger partial charge in [-0.15, -0.1) is 0 Å². The highest BCUT2D eigenvalue weighted by Gasteiger charge is 2.09. The molecule has 0 aromatic rings. The Bertz CT molecular complexity index is 320. The van der Waals surface area contributed by atoms with Gasteiger partial charge in [-0.1, -0.05) is 110 Å². The summed E-state index contributed by atoms with van der Waals surface area (Å²) in [5.41, 5.74) is 0.504. The number of rotatable bonds is 17. The molecule has 142 valence electrons. The third kappa shape index (κ3) is 14.8. The summed E-state index contributed by atoms with van der Waals surface area (Å²) in [5, 5.41) is 9.01. The summed E-state index contributed by atoms with van der Waals surface area (Å²) in [6.07, 6.45) is 21.6. The Morgan fingerprint density at radius 3 is 1.67 bits per heavy atom. The van der Waals surface area contributed by atoms with Gasteiger partial charge in [0.15, 0.2) is 0 Å². The summed E-state index contributed by atoms with van der Waals surface area (Å²) >= 11 is 0. The van der Waals surface area contributed by atoms with Gasteiger partial charge in [-0.3, -0.25) is 0 Å². The van der Waals surface area contributed by atoms with Crippen LogP contribution in [0.3, 0.4) is 0 Å². The van der Waals surface area contributed by atoms with Crippen LogP contribution >= 0.6 is 0 Å². The second-order valence-corrected chi connectivity index (χ2v) is 7.41. The predicted molar refractivity (Wildman–Crippen MR) is 105 cm³/mol. The van der Waals surface area contributed by atoms with Gasteiger partial charge < -0.3 is 5.11 Å². The Hall–Kier alpha value is -0.790. The van der Waals surface area contributed by atoms with Gasteiger partial charge >= 0.3 is 5.97 Å². The monoisotopic (exact) mass is 338 g/mol. The molecule has 2 heteroatoms. The summed E-state index contributed by atoms with van der Waals surface area (Å²) < 4.78 is 0. The van der Waals surface area contributed by atoms with E-state index in [1.807, 2.05) is 6.08 Å². The molecule has 24 heavy (non-hydrogen) atoms. The Morgan fingerprint density at radius 2 is 1.21 bits per heavy atom. The molecular weight excluding hydrogens is 296 g/mol. The molecule has 0 spiro atoms. The van der Waals surface area contributed by atoms with Crippen LogP contribution in [0.15, 0.2) is 11.6 Å². The van der Waals surface area contributed by atoms with Crippen molar-refractivity contribution in [1.82, 2.24) is 0 Å². The molecule has 0 fully saturated rings. The zero-order valence-corrected chi connectivity index (χ0v) is 16.6. The van der Waals surface area contributed by atoms with Gasteiger partial charge in [0.05, 0.1) is 0 Å². The van der Waals surface area contributed by atoms with E-state index in [-0.39, 0.29) is 0 Å². The Balaban J connectivity index is 3.96. The van der Waals surface area contributed by atoms with Crippen molar-refractivity contribution in [2.75, 3.05) is 0 Å². The highest BCUT2D eigenvalue weighted by Crippen LogP contribution is 2.23. The van der Waals surface area contributed by atoms with Crippen molar-refractivity contribution < 1.29 is 9.90 Å². The third-order valence-corrected chi connectivity index (χ3v) is 5.03. The van der Waals surface area contributed by atoms with Crippen molar-refractivity contribution >= 4 is 5.97 Å². The largest absolute Gasteiger partial charge is 0.478 e. The van der Waals surface area contributed by atoms with Crippen LogP contribution in [0.25, 0.3) is 0 Å². The minimum Gasteiger partial charge on any atom is -0.478 e. The smallest absolute Gasteiger partial charge is 0.330 e. The molecule has 0 heterocycles. The van der Waals surface area contributed by atoms with Gasteiger partial charge in [-0.2, -0.15) is 0 Å². The second kappa shape index (κ2) is 17.0. The summed E-state index contributed by atoms with van der Waals surface area (Å²) in [6.45, 7) is 6.23. The van der Waals surface area contributed by atoms with Crippen molar-refractivity contribution in [3.05, 3.63) is 11.6 Å². The summed E-state index contributed by atoms with van der Waals surface area (Å²) in [5.74, 6) is -0.0944. The average molecular weight is 339 g/mol. The summed E-state index contributed by atoms with van der Waals surface area (Å²) in [7, 11) is 0. The quantitative estimate of drug-likeness (QED) is 0.220. The molecule has 0 aliphatic carbocycles. The van der Waals surface area contributed by atoms with E-state index in [0.717, 1.165) is 6.42 Å². The molecule has 0 aliphatic rings. The summed E-state index contributed by atoms with van der Waals surface area (Å²) in [6, 6.07) is 0. The van der Waals surface area contributed by atoms with Crippen LogP contribution in [-0.4, -0.2) is 11.1 Å². The molecule has 2 nitrogen and oxygen atoms in total. The molecule has 1 N–H and O–H groups in total. The first-order valence-corrected chi connectivity index (χ1v) is 10.5.